The van der Waals surface area contributed by atoms with Crippen LogP contribution in [0.25, 0.3) is 11.1 Å². The molecule has 2 aromatic carbocycles. The second kappa shape index (κ2) is 10.7. The standard InChI is InChI=1S/C25H28N2O7/c1-32-21(24(29)30)13-26-23(28)22-15(10-11-33-22)12-27-25(31)34-14-20-18-8-4-2-6-16(18)17-7-3-5-9-19(17)20/h2-9,15,20-22H,10-14H2,1H3,(H,26,28)(H,27,31)(H,29,30). The molecule has 9 heteroatoms. The molecule has 0 bridgehead atoms. The van der Waals surface area contributed by atoms with Gasteiger partial charge in [-0.2, -0.15) is 0 Å². The summed E-state index contributed by atoms with van der Waals surface area (Å²) in [6.07, 6.45) is -1.88. The fourth-order valence-electron chi connectivity index (χ4n) is 4.56. The molecule has 2 amide bonds. The van der Waals surface area contributed by atoms with Crippen molar-refractivity contribution in [3.63, 3.8) is 0 Å². The molecule has 1 fully saturated rings. The molecule has 1 aliphatic carbocycles. The number of hydrogen-bond donors (Lipinski definition) is 3. The predicted molar refractivity (Wildman–Crippen MR) is 122 cm³/mol. The molecule has 1 heterocycles. The fraction of sp³-hybridized carbons (Fsp3) is 0.400. The van der Waals surface area contributed by atoms with E-state index in [1.54, 1.807) is 0 Å². The van der Waals surface area contributed by atoms with Crippen LogP contribution in [-0.4, -0.2) is 68.7 Å². The van der Waals surface area contributed by atoms with Crippen molar-refractivity contribution >= 4 is 18.0 Å². The monoisotopic (exact) mass is 468 g/mol. The molecule has 4 rings (SSSR count). The van der Waals surface area contributed by atoms with Gasteiger partial charge in [0.2, 0.25) is 5.91 Å². The topological polar surface area (TPSA) is 123 Å². The highest BCUT2D eigenvalue weighted by Gasteiger charge is 2.35. The summed E-state index contributed by atoms with van der Waals surface area (Å²) < 4.78 is 15.9. The Balaban J connectivity index is 1.28. The average Bonchev–Trinajstić information content (AvgIpc) is 3.44. The maximum atomic E-state index is 12.4. The normalized spacial score (nSPS) is 19.7. The lowest BCUT2D eigenvalue weighted by Gasteiger charge is -2.20. The van der Waals surface area contributed by atoms with Crippen molar-refractivity contribution in [2.24, 2.45) is 5.92 Å². The Labute approximate surface area is 197 Å². The summed E-state index contributed by atoms with van der Waals surface area (Å²) in [5.41, 5.74) is 4.58. The van der Waals surface area contributed by atoms with E-state index in [4.69, 9.17) is 19.3 Å². The van der Waals surface area contributed by atoms with Gasteiger partial charge in [-0.1, -0.05) is 48.5 Å². The van der Waals surface area contributed by atoms with Crippen LogP contribution in [0, 0.1) is 5.92 Å². The van der Waals surface area contributed by atoms with Crippen LogP contribution in [0.2, 0.25) is 0 Å². The Hall–Kier alpha value is -3.43. The number of carbonyl (C=O) groups excluding carboxylic acids is 2. The van der Waals surface area contributed by atoms with E-state index in [-0.39, 0.29) is 31.5 Å². The largest absolute Gasteiger partial charge is 0.479 e. The second-order valence-electron chi connectivity index (χ2n) is 8.35. The Kier molecular flexibility index (Phi) is 7.44. The third kappa shape index (κ3) is 5.05. The molecule has 34 heavy (non-hydrogen) atoms. The lowest BCUT2D eigenvalue weighted by molar-refractivity contribution is -0.148. The van der Waals surface area contributed by atoms with Gasteiger partial charge in [0.15, 0.2) is 6.10 Å². The number of benzene rings is 2. The fourth-order valence-corrected chi connectivity index (χ4v) is 4.56. The van der Waals surface area contributed by atoms with E-state index in [0.29, 0.717) is 13.0 Å². The molecule has 180 valence electrons. The molecule has 1 aliphatic heterocycles. The molecule has 3 N–H and O–H groups in total. The quantitative estimate of drug-likeness (QED) is 0.515. The highest BCUT2D eigenvalue weighted by Crippen LogP contribution is 2.44. The molecule has 1 saturated heterocycles. The van der Waals surface area contributed by atoms with Gasteiger partial charge in [0.25, 0.3) is 0 Å². The molecule has 3 atom stereocenters. The van der Waals surface area contributed by atoms with E-state index < -0.39 is 30.2 Å². The highest BCUT2D eigenvalue weighted by atomic mass is 16.5. The van der Waals surface area contributed by atoms with E-state index in [0.717, 1.165) is 22.3 Å². The number of methoxy groups -OCH3 is 1. The average molecular weight is 469 g/mol. The summed E-state index contributed by atoms with van der Waals surface area (Å²) >= 11 is 0. The van der Waals surface area contributed by atoms with Gasteiger partial charge in [-0.3, -0.25) is 4.79 Å². The smallest absolute Gasteiger partial charge is 0.407 e. The van der Waals surface area contributed by atoms with Crippen LogP contribution < -0.4 is 10.6 Å². The van der Waals surface area contributed by atoms with Gasteiger partial charge in [0, 0.05) is 32.1 Å². The first-order chi connectivity index (χ1) is 16.5. The zero-order valence-corrected chi connectivity index (χ0v) is 18.9. The zero-order chi connectivity index (χ0) is 24.1. The molecule has 2 aromatic rings. The van der Waals surface area contributed by atoms with Crippen LogP contribution in [0.4, 0.5) is 4.79 Å². The van der Waals surface area contributed by atoms with Crippen molar-refractivity contribution in [1.82, 2.24) is 10.6 Å². The SMILES string of the molecule is COC(CNC(=O)C1OCCC1CNC(=O)OCC1c2ccccc2-c2ccccc21)C(=O)O. The number of amides is 2. The summed E-state index contributed by atoms with van der Waals surface area (Å²) in [6.45, 7) is 0.624. The molecule has 2 aliphatic rings. The number of aliphatic carboxylic acids is 1. The number of carbonyl (C=O) groups is 3. The molecule has 3 unspecified atom stereocenters. The van der Waals surface area contributed by atoms with E-state index in [1.807, 2.05) is 24.3 Å². The van der Waals surface area contributed by atoms with Crippen molar-refractivity contribution in [3.8, 4) is 11.1 Å². The summed E-state index contributed by atoms with van der Waals surface area (Å²) in [5.74, 6) is -1.87. The highest BCUT2D eigenvalue weighted by molar-refractivity contribution is 5.82. The van der Waals surface area contributed by atoms with Crippen LogP contribution in [0.3, 0.4) is 0 Å². The van der Waals surface area contributed by atoms with Crippen molar-refractivity contribution in [2.45, 2.75) is 24.5 Å². The van der Waals surface area contributed by atoms with E-state index in [2.05, 4.69) is 34.9 Å². The number of rotatable bonds is 9. The van der Waals surface area contributed by atoms with Crippen molar-refractivity contribution in [1.29, 1.82) is 0 Å². The Morgan fingerprint density at radius 2 is 1.71 bits per heavy atom. The number of carboxylic acids is 1. The third-order valence-electron chi connectivity index (χ3n) is 6.35. The van der Waals surface area contributed by atoms with Crippen molar-refractivity contribution in [2.75, 3.05) is 33.4 Å². The Morgan fingerprint density at radius 1 is 1.06 bits per heavy atom. The second-order valence-corrected chi connectivity index (χ2v) is 8.35. The van der Waals surface area contributed by atoms with Gasteiger partial charge in [-0.05, 0) is 28.7 Å². The maximum absolute atomic E-state index is 12.4. The molecule has 0 saturated carbocycles. The zero-order valence-electron chi connectivity index (χ0n) is 18.9. The van der Waals surface area contributed by atoms with Crippen molar-refractivity contribution in [3.05, 3.63) is 59.7 Å². The summed E-state index contributed by atoms with van der Waals surface area (Å²) in [5, 5.41) is 14.3. The van der Waals surface area contributed by atoms with E-state index >= 15 is 0 Å². The van der Waals surface area contributed by atoms with Gasteiger partial charge in [-0.25, -0.2) is 9.59 Å². The van der Waals surface area contributed by atoms with Crippen molar-refractivity contribution < 1.29 is 33.7 Å². The third-order valence-corrected chi connectivity index (χ3v) is 6.35. The first kappa shape index (κ1) is 23.7. The van der Waals surface area contributed by atoms with Gasteiger partial charge < -0.3 is 30.0 Å². The van der Waals surface area contributed by atoms with Gasteiger partial charge >= 0.3 is 12.1 Å². The van der Waals surface area contributed by atoms with Gasteiger partial charge in [0.1, 0.15) is 12.7 Å². The van der Waals surface area contributed by atoms with Crippen LogP contribution in [0.1, 0.15) is 23.5 Å². The van der Waals surface area contributed by atoms with Crippen LogP contribution in [-0.2, 0) is 23.8 Å². The molecule has 0 aromatic heterocycles. The van der Waals surface area contributed by atoms with Crippen LogP contribution in [0.15, 0.2) is 48.5 Å². The lowest BCUT2D eigenvalue weighted by atomic mass is 9.98. The molecular formula is C25H28N2O7. The number of carboxylic acid groups (broad SMARTS) is 1. The number of alkyl carbamates (subject to hydrolysis) is 1. The number of fused-ring (bicyclic) bond motifs is 3. The molecule has 9 nitrogen and oxygen atoms in total. The summed E-state index contributed by atoms with van der Waals surface area (Å²) in [4.78, 5) is 35.9. The first-order valence-corrected chi connectivity index (χ1v) is 11.2. The first-order valence-electron chi connectivity index (χ1n) is 11.2. The number of ether oxygens (including phenoxy) is 3. The summed E-state index contributed by atoms with van der Waals surface area (Å²) in [7, 11) is 1.26. The minimum atomic E-state index is -1.16. The maximum Gasteiger partial charge on any atom is 0.407 e. The number of nitrogens with one attached hydrogen (secondary N) is 2. The minimum absolute atomic E-state index is 0.0329. The molecular weight excluding hydrogens is 440 g/mol. The summed E-state index contributed by atoms with van der Waals surface area (Å²) in [6, 6.07) is 16.2. The molecule has 0 radical (unpaired) electrons. The molecule has 0 spiro atoms. The van der Waals surface area contributed by atoms with Crippen LogP contribution in [0.5, 0.6) is 0 Å². The Morgan fingerprint density at radius 3 is 2.32 bits per heavy atom. The van der Waals surface area contributed by atoms with E-state index in [1.165, 1.54) is 7.11 Å². The van der Waals surface area contributed by atoms with Crippen LogP contribution >= 0.6 is 0 Å². The van der Waals surface area contributed by atoms with Gasteiger partial charge in [-0.15, -0.1) is 0 Å². The van der Waals surface area contributed by atoms with Gasteiger partial charge in [0.05, 0.1) is 6.54 Å². The van der Waals surface area contributed by atoms with E-state index in [9.17, 15) is 14.4 Å². The number of hydrogen-bond acceptors (Lipinski definition) is 6. The Bertz CT molecular complexity index is 1010. The lowest BCUT2D eigenvalue weighted by Crippen LogP contribution is -2.45. The minimum Gasteiger partial charge on any atom is -0.479 e. The predicted octanol–water partition coefficient (Wildman–Crippen LogP) is 2.15.